The van der Waals surface area contributed by atoms with E-state index >= 15 is 0 Å². The number of ether oxygens (including phenoxy) is 6. The SMILES string of the molecule is C=CC(=O)N1CCN(c2nc(OC[C@@H]3C[C@@H](OCCOCCOCCOCCOc4ccc(-c5csc([C@@H]6CCCN6C(=O)[C@@H](CC(=O)[C@H](C)NC)C6CCCCC6)n5)c5ccccc45)CN3C)nc3c2CCN(c2cccc4ccccc24)C3)C[C@@H]1CC#N. The third kappa shape index (κ3) is 15.4. The van der Waals surface area contributed by atoms with Crippen molar-refractivity contribution in [2.24, 2.45) is 11.8 Å². The Kier molecular flexibility index (Phi) is 22.4. The fraction of sp³-hybridized carbons (Fsp3) is 0.529. The van der Waals surface area contributed by atoms with Crippen LogP contribution in [0.3, 0.4) is 0 Å². The van der Waals surface area contributed by atoms with E-state index in [9.17, 15) is 19.6 Å². The van der Waals surface area contributed by atoms with Gasteiger partial charge in [-0.25, -0.2) is 4.98 Å². The quantitative estimate of drug-likeness (QED) is 0.0344. The second kappa shape index (κ2) is 31.3. The Hall–Kier alpha value is -7.09. The third-order valence-electron chi connectivity index (χ3n) is 18.9. The van der Waals surface area contributed by atoms with E-state index in [1.54, 1.807) is 23.3 Å². The number of rotatable bonds is 29. The normalized spacial score (nSPS) is 20.5. The zero-order valence-corrected chi connectivity index (χ0v) is 53.4. The Bertz CT molecular complexity index is 3460. The molecule has 6 heterocycles. The number of benzene rings is 4. The standard InChI is InChI=1S/C70H88N10O9S/c1-5-66(82)79-32-31-78(43-51(79)26-28-71)67-58-27-30-77(62-22-13-18-49-17-9-10-19-54(49)62)45-60(58)74-70(75-67)89-46-52-41-53(44-76(52)4)87-39-37-85-35-33-84-34-36-86-38-40-88-65-25-24-56(55-20-11-12-21-57(55)65)61-47-90-68(73-61)63-23-14-29-80(63)69(83)59(42-64(81)48(2)72-3)50-15-7-6-8-16-50/h5,9-13,17-22,24-25,47-48,50-53,59,63,72H,1,6-8,14-16,23,26-27,29-46H2,2-4H3/t48-,51-,52-,53+,59-,63-/m0/s1. The van der Waals surface area contributed by atoms with Gasteiger partial charge in [-0.1, -0.05) is 86.5 Å². The van der Waals surface area contributed by atoms with Gasteiger partial charge in [-0.3, -0.25) is 19.3 Å². The average molecular weight is 1250 g/mol. The minimum absolute atomic E-state index is 0.0252. The van der Waals surface area contributed by atoms with Gasteiger partial charge in [0.25, 0.3) is 0 Å². The minimum atomic E-state index is -0.292. The number of nitrogens with one attached hydrogen (secondary N) is 1. The molecule has 0 spiro atoms. The highest BCUT2D eigenvalue weighted by Gasteiger charge is 2.41. The molecule has 0 unspecified atom stereocenters. The van der Waals surface area contributed by atoms with Gasteiger partial charge in [0.05, 0.1) is 101 Å². The number of fused-ring (bicyclic) bond motifs is 3. The van der Waals surface area contributed by atoms with Crippen molar-refractivity contribution in [2.45, 2.75) is 114 Å². The van der Waals surface area contributed by atoms with E-state index in [-0.39, 0.29) is 66.1 Å². The molecule has 5 aliphatic rings. The smallest absolute Gasteiger partial charge is 0.318 e. The lowest BCUT2D eigenvalue weighted by Crippen LogP contribution is -2.55. The largest absolute Gasteiger partial charge is 0.491 e. The number of carbonyl (C=O) groups is 3. The Balaban J connectivity index is 0.593. The first kappa shape index (κ1) is 64.4. The van der Waals surface area contributed by atoms with Gasteiger partial charge in [0.15, 0.2) is 0 Å². The van der Waals surface area contributed by atoms with Crippen LogP contribution in [0.4, 0.5) is 11.5 Å². The lowest BCUT2D eigenvalue weighted by Gasteiger charge is -2.42. The number of aromatic nitrogens is 3. The molecule has 6 aromatic rings. The maximum Gasteiger partial charge on any atom is 0.318 e. The number of likely N-dealkylation sites (N-methyl/N-ethyl adjacent to an activating group) is 2. The van der Waals surface area contributed by atoms with E-state index in [0.29, 0.717) is 105 Å². The number of likely N-dealkylation sites (tertiary alicyclic amines) is 2. The number of nitrogens with zero attached hydrogens (tertiary/aromatic N) is 9. The van der Waals surface area contributed by atoms with Crippen LogP contribution in [0.25, 0.3) is 32.8 Å². The van der Waals surface area contributed by atoms with Gasteiger partial charge in [-0.2, -0.15) is 15.2 Å². The zero-order chi connectivity index (χ0) is 62.3. The molecule has 4 aromatic carbocycles. The van der Waals surface area contributed by atoms with Crippen LogP contribution in [0.1, 0.15) is 93.4 Å². The number of anilines is 2. The number of Topliss-reactive ketones (excluding diaryl/α,β-unsaturated/α-hetero) is 1. The van der Waals surface area contributed by atoms with Crippen LogP contribution in [0.15, 0.2) is 96.9 Å². The summed E-state index contributed by atoms with van der Waals surface area (Å²) in [6.45, 7) is 13.8. The summed E-state index contributed by atoms with van der Waals surface area (Å²) in [7, 11) is 3.89. The molecule has 1 saturated carbocycles. The second-order valence-corrected chi connectivity index (χ2v) is 25.4. The van der Waals surface area contributed by atoms with Crippen LogP contribution in [0.5, 0.6) is 11.8 Å². The van der Waals surface area contributed by atoms with Gasteiger partial charge < -0.3 is 53.3 Å². The lowest BCUT2D eigenvalue weighted by molar-refractivity contribution is -0.141. The molecule has 19 nitrogen and oxygen atoms in total. The van der Waals surface area contributed by atoms with Crippen molar-refractivity contribution >= 4 is 62.0 Å². The summed E-state index contributed by atoms with van der Waals surface area (Å²) in [5, 5.41) is 20.3. The first-order chi connectivity index (χ1) is 44.1. The molecule has 3 saturated heterocycles. The summed E-state index contributed by atoms with van der Waals surface area (Å²) in [5.41, 5.74) is 5.07. The molecule has 1 aliphatic carbocycles. The molecule has 0 bridgehead atoms. The summed E-state index contributed by atoms with van der Waals surface area (Å²) in [6, 6.07) is 29.2. The van der Waals surface area contributed by atoms with Crippen molar-refractivity contribution in [3.05, 3.63) is 113 Å². The summed E-state index contributed by atoms with van der Waals surface area (Å²) in [5.74, 6) is 1.62. The Morgan fingerprint density at radius 2 is 1.51 bits per heavy atom. The van der Waals surface area contributed by atoms with Gasteiger partial charge in [-0.15, -0.1) is 11.3 Å². The number of ketones is 1. The van der Waals surface area contributed by atoms with Crippen LogP contribution in [-0.2, 0) is 46.3 Å². The van der Waals surface area contributed by atoms with Gasteiger partial charge in [0.1, 0.15) is 35.6 Å². The Labute approximate surface area is 533 Å². The molecule has 6 atom stereocenters. The highest BCUT2D eigenvalue weighted by Crippen LogP contribution is 2.42. The van der Waals surface area contributed by atoms with Crippen molar-refractivity contribution in [1.82, 2.24) is 35.0 Å². The van der Waals surface area contributed by atoms with Crippen molar-refractivity contribution in [1.29, 1.82) is 5.26 Å². The molecule has 2 amide bonds. The first-order valence-corrected chi connectivity index (χ1v) is 33.4. The molecule has 0 radical (unpaired) electrons. The summed E-state index contributed by atoms with van der Waals surface area (Å²) < 4.78 is 36.6. The molecule has 11 rings (SSSR count). The Morgan fingerprint density at radius 3 is 2.29 bits per heavy atom. The predicted molar refractivity (Wildman–Crippen MR) is 350 cm³/mol. The molecule has 478 valence electrons. The van der Waals surface area contributed by atoms with Crippen LogP contribution in [0.2, 0.25) is 0 Å². The number of thiazole rings is 1. The Morgan fingerprint density at radius 1 is 0.767 bits per heavy atom. The molecule has 90 heavy (non-hydrogen) atoms. The fourth-order valence-electron chi connectivity index (χ4n) is 13.9. The van der Waals surface area contributed by atoms with Gasteiger partial charge >= 0.3 is 6.01 Å². The van der Waals surface area contributed by atoms with Crippen LogP contribution in [0, 0.1) is 23.2 Å². The van der Waals surface area contributed by atoms with E-state index in [1.807, 2.05) is 30.0 Å². The lowest BCUT2D eigenvalue weighted by atomic mass is 9.76. The molecule has 2 aromatic heterocycles. The second-order valence-electron chi connectivity index (χ2n) is 24.5. The van der Waals surface area contributed by atoms with Gasteiger partial charge in [0, 0.05) is 90.6 Å². The highest BCUT2D eigenvalue weighted by atomic mass is 32.1. The van der Waals surface area contributed by atoms with Crippen molar-refractivity contribution in [2.75, 3.05) is 123 Å². The molecule has 4 aliphatic heterocycles. The van der Waals surface area contributed by atoms with E-state index in [4.69, 9.17) is 43.4 Å². The van der Waals surface area contributed by atoms with Crippen LogP contribution >= 0.6 is 11.3 Å². The number of piperazine rings is 1. The maximum atomic E-state index is 14.5. The third-order valence-corrected chi connectivity index (χ3v) is 19.9. The molecular formula is C70H88N10O9S. The summed E-state index contributed by atoms with van der Waals surface area (Å²) in [6.07, 6.45) is 10.6. The van der Waals surface area contributed by atoms with Gasteiger partial charge in [-0.05, 0) is 101 Å². The number of nitriles is 1. The average Bonchev–Trinajstić information content (AvgIpc) is 1.03. The summed E-state index contributed by atoms with van der Waals surface area (Å²) >= 11 is 1.61. The molecule has 1 N–H and O–H groups in total. The fourth-order valence-corrected chi connectivity index (χ4v) is 14.9. The minimum Gasteiger partial charge on any atom is -0.491 e. The highest BCUT2D eigenvalue weighted by molar-refractivity contribution is 7.10. The predicted octanol–water partition coefficient (Wildman–Crippen LogP) is 9.61. The van der Waals surface area contributed by atoms with E-state index < -0.39 is 0 Å². The monoisotopic (exact) mass is 1240 g/mol. The maximum absolute atomic E-state index is 14.5. The van der Waals surface area contributed by atoms with Crippen LogP contribution < -0.4 is 24.6 Å². The summed E-state index contributed by atoms with van der Waals surface area (Å²) in [4.78, 5) is 66.5. The number of hydrogen-bond donors (Lipinski definition) is 1. The van der Waals surface area contributed by atoms with Crippen molar-refractivity contribution < 1.29 is 42.8 Å². The molecule has 20 heteroatoms. The zero-order valence-electron chi connectivity index (χ0n) is 52.6. The number of carbonyl (C=O) groups excluding carboxylic acids is 3. The van der Waals surface area contributed by atoms with Crippen molar-refractivity contribution in [3.8, 4) is 29.1 Å². The number of hydrogen-bond acceptors (Lipinski definition) is 18. The van der Waals surface area contributed by atoms with E-state index in [2.05, 4.69) is 106 Å². The molecular weight excluding hydrogens is 1160 g/mol. The van der Waals surface area contributed by atoms with E-state index in [0.717, 1.165) is 120 Å². The van der Waals surface area contributed by atoms with Crippen LogP contribution in [-0.4, -0.2) is 184 Å². The van der Waals surface area contributed by atoms with Crippen molar-refractivity contribution in [3.63, 3.8) is 0 Å². The number of amides is 2. The van der Waals surface area contributed by atoms with Gasteiger partial charge in [0.2, 0.25) is 11.8 Å². The first-order valence-electron chi connectivity index (χ1n) is 32.5. The van der Waals surface area contributed by atoms with E-state index in [1.165, 1.54) is 23.3 Å². The topological polar surface area (TPSA) is 197 Å². The molecule has 4 fully saturated rings.